The van der Waals surface area contributed by atoms with Gasteiger partial charge in [-0.25, -0.2) is 4.79 Å². The number of hydrogen-bond donors (Lipinski definition) is 1. The van der Waals surface area contributed by atoms with Gasteiger partial charge in [0, 0.05) is 10.6 Å². The van der Waals surface area contributed by atoms with E-state index in [1.807, 2.05) is 37.3 Å². The molecule has 0 aliphatic carbocycles. The molecule has 0 aliphatic heterocycles. The minimum absolute atomic E-state index is 0.115. The number of methoxy groups -OCH3 is 1. The summed E-state index contributed by atoms with van der Waals surface area (Å²) in [6.45, 7) is 1.84. The highest BCUT2D eigenvalue weighted by Gasteiger charge is 2.15. The van der Waals surface area contributed by atoms with Crippen molar-refractivity contribution in [2.75, 3.05) is 12.4 Å². The fraction of sp³-hybridized carbons (Fsp3) is 0.176. The third-order valence-corrected chi connectivity index (χ3v) is 4.09. The molecule has 0 saturated carbocycles. The highest BCUT2D eigenvalue weighted by molar-refractivity contribution is 8.00. The Bertz CT molecular complexity index is 658. The zero-order valence-corrected chi connectivity index (χ0v) is 13.2. The Balaban J connectivity index is 2.01. The van der Waals surface area contributed by atoms with Gasteiger partial charge in [-0.3, -0.25) is 4.79 Å². The Morgan fingerprint density at radius 2 is 1.82 bits per heavy atom. The number of thioether (sulfide) groups is 1. The molecule has 1 N–H and O–H groups in total. The quantitative estimate of drug-likeness (QED) is 0.676. The molecule has 2 rings (SSSR count). The van der Waals surface area contributed by atoms with Gasteiger partial charge in [0.25, 0.3) is 0 Å². The Morgan fingerprint density at radius 3 is 2.50 bits per heavy atom. The Kier molecular flexibility index (Phi) is 5.61. The normalized spacial score (nSPS) is 11.5. The van der Waals surface area contributed by atoms with Crippen molar-refractivity contribution in [2.24, 2.45) is 0 Å². The number of anilines is 1. The lowest BCUT2D eigenvalue weighted by atomic mass is 10.2. The number of amides is 1. The molecule has 0 radical (unpaired) electrons. The van der Waals surface area contributed by atoms with E-state index in [2.05, 4.69) is 10.1 Å². The van der Waals surface area contributed by atoms with Crippen LogP contribution in [0.25, 0.3) is 0 Å². The van der Waals surface area contributed by atoms with Crippen molar-refractivity contribution in [1.82, 2.24) is 0 Å². The minimum Gasteiger partial charge on any atom is -0.465 e. The predicted octanol–water partition coefficient (Wildman–Crippen LogP) is 3.59. The topological polar surface area (TPSA) is 55.4 Å². The van der Waals surface area contributed by atoms with Crippen LogP contribution >= 0.6 is 11.8 Å². The molecule has 0 aromatic heterocycles. The van der Waals surface area contributed by atoms with Crippen LogP contribution < -0.4 is 5.32 Å². The first-order valence-electron chi connectivity index (χ1n) is 6.81. The summed E-state index contributed by atoms with van der Waals surface area (Å²) in [4.78, 5) is 24.7. The second kappa shape index (κ2) is 7.66. The van der Waals surface area contributed by atoms with Gasteiger partial charge in [-0.15, -0.1) is 11.8 Å². The average Bonchev–Trinajstić information content (AvgIpc) is 2.55. The van der Waals surface area contributed by atoms with E-state index in [4.69, 9.17) is 0 Å². The molecule has 5 heteroatoms. The molecular weight excluding hydrogens is 298 g/mol. The largest absolute Gasteiger partial charge is 0.465 e. The molecule has 4 nitrogen and oxygen atoms in total. The summed E-state index contributed by atoms with van der Waals surface area (Å²) >= 11 is 1.48. The molecule has 22 heavy (non-hydrogen) atoms. The van der Waals surface area contributed by atoms with Gasteiger partial charge in [-0.2, -0.15) is 0 Å². The lowest BCUT2D eigenvalue weighted by molar-refractivity contribution is -0.115. The van der Waals surface area contributed by atoms with Crippen LogP contribution in [0.3, 0.4) is 0 Å². The molecule has 0 spiro atoms. The van der Waals surface area contributed by atoms with Crippen molar-refractivity contribution in [3.63, 3.8) is 0 Å². The SMILES string of the molecule is COC(=O)c1cccc(NC(=O)[C@@H](C)Sc2ccccc2)c1. The summed E-state index contributed by atoms with van der Waals surface area (Å²) in [5.74, 6) is -0.543. The number of hydrogen-bond acceptors (Lipinski definition) is 4. The standard InChI is InChI=1S/C17H17NO3S/c1-12(22-15-9-4-3-5-10-15)16(19)18-14-8-6-7-13(11-14)17(20)21-2/h3-12H,1-2H3,(H,18,19)/t12-/m1/s1. The summed E-state index contributed by atoms with van der Waals surface area (Å²) in [5, 5.41) is 2.57. The number of ether oxygens (including phenoxy) is 1. The first-order chi connectivity index (χ1) is 10.6. The molecule has 0 saturated heterocycles. The molecule has 0 aliphatic rings. The maximum atomic E-state index is 12.2. The maximum absolute atomic E-state index is 12.2. The smallest absolute Gasteiger partial charge is 0.337 e. The van der Waals surface area contributed by atoms with Crippen molar-refractivity contribution in [2.45, 2.75) is 17.1 Å². The molecule has 114 valence electrons. The van der Waals surface area contributed by atoms with Crippen LogP contribution in [0.5, 0.6) is 0 Å². The number of nitrogens with one attached hydrogen (secondary N) is 1. The summed E-state index contributed by atoms with van der Waals surface area (Å²) in [7, 11) is 1.33. The maximum Gasteiger partial charge on any atom is 0.337 e. The van der Waals surface area contributed by atoms with Crippen LogP contribution in [0.1, 0.15) is 17.3 Å². The van der Waals surface area contributed by atoms with Gasteiger partial charge in [0.1, 0.15) is 0 Å². The first kappa shape index (κ1) is 16.1. The zero-order valence-electron chi connectivity index (χ0n) is 12.4. The number of carbonyl (C=O) groups excluding carboxylic acids is 2. The van der Waals surface area contributed by atoms with Crippen molar-refractivity contribution in [1.29, 1.82) is 0 Å². The van der Waals surface area contributed by atoms with Crippen LogP contribution in [0.2, 0.25) is 0 Å². The molecule has 2 aromatic carbocycles. The number of esters is 1. The third kappa shape index (κ3) is 4.36. The van der Waals surface area contributed by atoms with Crippen LogP contribution in [-0.2, 0) is 9.53 Å². The van der Waals surface area contributed by atoms with E-state index < -0.39 is 5.97 Å². The highest BCUT2D eigenvalue weighted by atomic mass is 32.2. The molecule has 0 bridgehead atoms. The van der Waals surface area contributed by atoms with E-state index in [-0.39, 0.29) is 11.2 Å². The zero-order chi connectivity index (χ0) is 15.9. The van der Waals surface area contributed by atoms with E-state index >= 15 is 0 Å². The van der Waals surface area contributed by atoms with Crippen molar-refractivity contribution in [3.8, 4) is 0 Å². The average molecular weight is 315 g/mol. The van der Waals surface area contributed by atoms with Gasteiger partial charge in [0.15, 0.2) is 0 Å². The fourth-order valence-electron chi connectivity index (χ4n) is 1.84. The van der Waals surface area contributed by atoms with E-state index in [1.165, 1.54) is 18.9 Å². The Hall–Kier alpha value is -2.27. The Morgan fingerprint density at radius 1 is 1.09 bits per heavy atom. The molecule has 1 amide bonds. The second-order valence-electron chi connectivity index (χ2n) is 4.63. The van der Waals surface area contributed by atoms with E-state index in [0.29, 0.717) is 11.3 Å². The Labute approximate surface area is 133 Å². The fourth-order valence-corrected chi connectivity index (χ4v) is 2.73. The van der Waals surface area contributed by atoms with E-state index in [1.54, 1.807) is 24.3 Å². The number of carbonyl (C=O) groups is 2. The monoisotopic (exact) mass is 315 g/mol. The van der Waals surface area contributed by atoms with Crippen LogP contribution in [0.15, 0.2) is 59.5 Å². The molecular formula is C17H17NO3S. The predicted molar refractivity (Wildman–Crippen MR) is 88.2 cm³/mol. The van der Waals surface area contributed by atoms with Gasteiger partial charge in [-0.05, 0) is 37.3 Å². The summed E-state index contributed by atoms with van der Waals surface area (Å²) in [6, 6.07) is 16.4. The van der Waals surface area contributed by atoms with Gasteiger partial charge in [-0.1, -0.05) is 24.3 Å². The van der Waals surface area contributed by atoms with Gasteiger partial charge < -0.3 is 10.1 Å². The lowest BCUT2D eigenvalue weighted by Gasteiger charge is -2.12. The van der Waals surface area contributed by atoms with Crippen molar-refractivity contribution < 1.29 is 14.3 Å². The second-order valence-corrected chi connectivity index (χ2v) is 6.05. The van der Waals surface area contributed by atoms with E-state index in [0.717, 1.165) is 4.90 Å². The summed E-state index contributed by atoms with van der Waals surface area (Å²) in [6.07, 6.45) is 0. The lowest BCUT2D eigenvalue weighted by Crippen LogP contribution is -2.22. The van der Waals surface area contributed by atoms with Crippen LogP contribution in [0, 0.1) is 0 Å². The van der Waals surface area contributed by atoms with Gasteiger partial charge in [0.05, 0.1) is 17.9 Å². The number of rotatable bonds is 5. The van der Waals surface area contributed by atoms with Gasteiger partial charge >= 0.3 is 5.97 Å². The number of benzene rings is 2. The van der Waals surface area contributed by atoms with Crippen molar-refractivity contribution in [3.05, 3.63) is 60.2 Å². The van der Waals surface area contributed by atoms with Crippen LogP contribution in [0.4, 0.5) is 5.69 Å². The first-order valence-corrected chi connectivity index (χ1v) is 7.69. The van der Waals surface area contributed by atoms with Crippen molar-refractivity contribution >= 4 is 29.3 Å². The van der Waals surface area contributed by atoms with Gasteiger partial charge in [0.2, 0.25) is 5.91 Å². The third-order valence-electron chi connectivity index (χ3n) is 2.98. The van der Waals surface area contributed by atoms with Crippen LogP contribution in [-0.4, -0.2) is 24.2 Å². The molecule has 0 heterocycles. The minimum atomic E-state index is -0.428. The summed E-state index contributed by atoms with van der Waals surface area (Å²) in [5.41, 5.74) is 0.983. The highest BCUT2D eigenvalue weighted by Crippen LogP contribution is 2.23. The molecule has 0 unspecified atom stereocenters. The molecule has 1 atom stereocenters. The summed E-state index contributed by atoms with van der Waals surface area (Å²) < 4.78 is 4.67. The van der Waals surface area contributed by atoms with E-state index in [9.17, 15) is 9.59 Å². The molecule has 2 aromatic rings. The molecule has 0 fully saturated rings.